The topological polar surface area (TPSA) is 85.3 Å². The number of anilines is 1. The molecule has 1 aliphatic rings. The van der Waals surface area contributed by atoms with Crippen molar-refractivity contribution in [2.45, 2.75) is 26.8 Å². The molecule has 4 rings (SSSR count). The van der Waals surface area contributed by atoms with Gasteiger partial charge < -0.3 is 19.3 Å². The third kappa shape index (κ3) is 5.27. The summed E-state index contributed by atoms with van der Waals surface area (Å²) in [6.45, 7) is 6.86. The van der Waals surface area contributed by atoms with Gasteiger partial charge in [0.1, 0.15) is 23.0 Å². The highest BCUT2D eigenvalue weighted by molar-refractivity contribution is 6.51. The lowest BCUT2D eigenvalue weighted by Gasteiger charge is -2.26. The molecule has 1 atom stereocenters. The summed E-state index contributed by atoms with van der Waals surface area (Å²) in [4.78, 5) is 28.2. The fraction of sp³-hybridized carbons (Fsp3) is 0.241. The Morgan fingerprint density at radius 1 is 0.838 bits per heavy atom. The molecule has 37 heavy (non-hydrogen) atoms. The molecule has 0 aromatic heterocycles. The van der Waals surface area contributed by atoms with Crippen LogP contribution in [0.2, 0.25) is 5.02 Å². The van der Waals surface area contributed by atoms with E-state index >= 15 is 0 Å². The number of amides is 1. The summed E-state index contributed by atoms with van der Waals surface area (Å²) >= 11 is 6.07. The van der Waals surface area contributed by atoms with Crippen molar-refractivity contribution in [3.8, 4) is 17.2 Å². The van der Waals surface area contributed by atoms with Crippen molar-refractivity contribution in [1.29, 1.82) is 0 Å². The summed E-state index contributed by atoms with van der Waals surface area (Å²) in [6, 6.07) is 17.8. The van der Waals surface area contributed by atoms with Crippen molar-refractivity contribution < 1.29 is 28.9 Å². The van der Waals surface area contributed by atoms with Crippen LogP contribution in [0.3, 0.4) is 0 Å². The lowest BCUT2D eigenvalue weighted by Crippen LogP contribution is -2.29. The largest absolute Gasteiger partial charge is 0.507 e. The minimum Gasteiger partial charge on any atom is -0.507 e. The summed E-state index contributed by atoms with van der Waals surface area (Å²) in [6.07, 6.45) is 0. The molecule has 0 saturated carbocycles. The summed E-state index contributed by atoms with van der Waals surface area (Å²) in [5.41, 5.74) is 1.34. The minimum absolute atomic E-state index is 0.0470. The Labute approximate surface area is 220 Å². The van der Waals surface area contributed by atoms with Crippen LogP contribution < -0.4 is 19.1 Å². The Bertz CT molecular complexity index is 1320. The van der Waals surface area contributed by atoms with Crippen molar-refractivity contribution in [1.82, 2.24) is 0 Å². The molecular weight excluding hydrogens is 494 g/mol. The fourth-order valence-corrected chi connectivity index (χ4v) is 4.43. The van der Waals surface area contributed by atoms with E-state index < -0.39 is 17.7 Å². The Morgan fingerprint density at radius 3 is 2.05 bits per heavy atom. The van der Waals surface area contributed by atoms with E-state index in [0.717, 1.165) is 0 Å². The number of nitrogens with zero attached hydrogens (tertiary/aromatic N) is 1. The molecule has 8 heteroatoms. The van der Waals surface area contributed by atoms with E-state index in [-0.39, 0.29) is 16.9 Å². The second kappa shape index (κ2) is 11.4. The standard InChI is InChI=1S/C29H28ClNO6/c1-4-35-21-13-7-18(8-14-21)26-25(28(33)29(34)31(26)20-11-9-19(30)10-12-20)27(32)23-16-15-22(36-5-2)17-24(23)37-6-3/h7-17,26,32H,4-6H2,1-3H3/b27-25-. The van der Waals surface area contributed by atoms with Gasteiger partial charge in [0.25, 0.3) is 11.7 Å². The number of ketones is 1. The smallest absolute Gasteiger partial charge is 0.300 e. The summed E-state index contributed by atoms with van der Waals surface area (Å²) < 4.78 is 16.9. The number of rotatable bonds is 9. The molecule has 3 aromatic rings. The quantitative estimate of drug-likeness (QED) is 0.206. The molecule has 7 nitrogen and oxygen atoms in total. The molecule has 1 fully saturated rings. The SMILES string of the molecule is CCOc1ccc(C2/C(=C(/O)c3ccc(OCC)cc3OCC)C(=O)C(=O)N2c2ccc(Cl)cc2)cc1. The van der Waals surface area contributed by atoms with E-state index in [9.17, 15) is 14.7 Å². The first-order valence-electron chi connectivity index (χ1n) is 12.1. The first kappa shape index (κ1) is 26.1. The van der Waals surface area contributed by atoms with Crippen LogP contribution in [0.1, 0.15) is 37.9 Å². The number of aliphatic hydroxyl groups is 1. The molecule has 192 valence electrons. The molecule has 1 heterocycles. The van der Waals surface area contributed by atoms with Gasteiger partial charge >= 0.3 is 0 Å². The van der Waals surface area contributed by atoms with Crippen LogP contribution >= 0.6 is 11.6 Å². The van der Waals surface area contributed by atoms with Gasteiger partial charge in [0.2, 0.25) is 0 Å². The zero-order valence-corrected chi connectivity index (χ0v) is 21.6. The highest BCUT2D eigenvalue weighted by Crippen LogP contribution is 2.44. The van der Waals surface area contributed by atoms with Crippen LogP contribution in [-0.4, -0.2) is 36.6 Å². The van der Waals surface area contributed by atoms with Crippen LogP contribution in [-0.2, 0) is 9.59 Å². The zero-order chi connectivity index (χ0) is 26.5. The second-order valence-electron chi connectivity index (χ2n) is 8.17. The van der Waals surface area contributed by atoms with Crippen LogP contribution in [0.5, 0.6) is 17.2 Å². The summed E-state index contributed by atoms with van der Waals surface area (Å²) in [7, 11) is 0. The molecule has 1 unspecified atom stereocenters. The van der Waals surface area contributed by atoms with Gasteiger partial charge in [-0.15, -0.1) is 0 Å². The molecule has 0 radical (unpaired) electrons. The van der Waals surface area contributed by atoms with Crippen LogP contribution in [0.25, 0.3) is 5.76 Å². The summed E-state index contributed by atoms with van der Waals surface area (Å²) in [5, 5.41) is 12.0. The van der Waals surface area contributed by atoms with Crippen LogP contribution in [0, 0.1) is 0 Å². The number of hydrogen-bond donors (Lipinski definition) is 1. The van der Waals surface area contributed by atoms with E-state index in [4.69, 9.17) is 25.8 Å². The molecule has 1 aliphatic heterocycles. The number of ether oxygens (including phenoxy) is 3. The number of benzene rings is 3. The van der Waals surface area contributed by atoms with Gasteiger partial charge in [-0.05, 0) is 74.9 Å². The Hall–Kier alpha value is -3.97. The third-order valence-electron chi connectivity index (χ3n) is 5.88. The highest BCUT2D eigenvalue weighted by atomic mass is 35.5. The molecule has 0 spiro atoms. The van der Waals surface area contributed by atoms with E-state index in [0.29, 0.717) is 53.3 Å². The van der Waals surface area contributed by atoms with E-state index in [1.807, 2.05) is 20.8 Å². The van der Waals surface area contributed by atoms with Crippen molar-refractivity contribution in [3.05, 3.63) is 88.5 Å². The number of hydrogen-bond acceptors (Lipinski definition) is 6. The first-order valence-corrected chi connectivity index (χ1v) is 12.5. The predicted molar refractivity (Wildman–Crippen MR) is 143 cm³/mol. The van der Waals surface area contributed by atoms with Crippen molar-refractivity contribution in [2.75, 3.05) is 24.7 Å². The maximum atomic E-state index is 13.4. The first-order chi connectivity index (χ1) is 17.9. The third-order valence-corrected chi connectivity index (χ3v) is 6.13. The zero-order valence-electron chi connectivity index (χ0n) is 20.9. The molecule has 0 bridgehead atoms. The number of carbonyl (C=O) groups excluding carboxylic acids is 2. The lowest BCUT2D eigenvalue weighted by molar-refractivity contribution is -0.132. The number of carbonyl (C=O) groups is 2. The van der Waals surface area contributed by atoms with Crippen LogP contribution in [0.15, 0.2) is 72.3 Å². The molecule has 1 amide bonds. The van der Waals surface area contributed by atoms with Gasteiger partial charge in [0, 0.05) is 16.8 Å². The molecule has 0 aliphatic carbocycles. The molecule has 1 N–H and O–H groups in total. The number of aliphatic hydroxyl groups excluding tert-OH is 1. The highest BCUT2D eigenvalue weighted by Gasteiger charge is 2.47. The van der Waals surface area contributed by atoms with Gasteiger partial charge in [-0.3, -0.25) is 14.5 Å². The average molecular weight is 522 g/mol. The van der Waals surface area contributed by atoms with E-state index in [1.165, 1.54) is 4.90 Å². The summed E-state index contributed by atoms with van der Waals surface area (Å²) in [5.74, 6) is -0.337. The normalized spacial score (nSPS) is 16.6. The Morgan fingerprint density at radius 2 is 1.43 bits per heavy atom. The monoisotopic (exact) mass is 521 g/mol. The molecule has 1 saturated heterocycles. The fourth-order valence-electron chi connectivity index (χ4n) is 4.30. The van der Waals surface area contributed by atoms with Crippen LogP contribution in [0.4, 0.5) is 5.69 Å². The molecular formula is C29H28ClNO6. The van der Waals surface area contributed by atoms with Gasteiger partial charge in [-0.2, -0.15) is 0 Å². The minimum atomic E-state index is -0.891. The van der Waals surface area contributed by atoms with E-state index in [1.54, 1.807) is 66.7 Å². The predicted octanol–water partition coefficient (Wildman–Crippen LogP) is 6.16. The van der Waals surface area contributed by atoms with Gasteiger partial charge in [0.15, 0.2) is 0 Å². The second-order valence-corrected chi connectivity index (χ2v) is 8.61. The molecule has 3 aromatic carbocycles. The van der Waals surface area contributed by atoms with Gasteiger partial charge in [-0.25, -0.2) is 0 Å². The Balaban J connectivity index is 1.91. The van der Waals surface area contributed by atoms with E-state index in [2.05, 4.69) is 0 Å². The van der Waals surface area contributed by atoms with Gasteiger partial charge in [-0.1, -0.05) is 23.7 Å². The van der Waals surface area contributed by atoms with Crippen molar-refractivity contribution in [3.63, 3.8) is 0 Å². The van der Waals surface area contributed by atoms with Crippen molar-refractivity contribution >= 4 is 34.7 Å². The van der Waals surface area contributed by atoms with Crippen molar-refractivity contribution in [2.24, 2.45) is 0 Å². The number of Topliss-reactive ketones (excluding diaryl/α,β-unsaturated/α-hetero) is 1. The Kier molecular flexibility index (Phi) is 8.04. The maximum Gasteiger partial charge on any atom is 0.300 e. The number of halogens is 1. The van der Waals surface area contributed by atoms with Gasteiger partial charge in [0.05, 0.1) is 37.0 Å². The average Bonchev–Trinajstić information content (AvgIpc) is 3.16. The maximum absolute atomic E-state index is 13.4. The lowest BCUT2D eigenvalue weighted by atomic mass is 9.94.